The molecule has 0 bridgehead atoms. The first kappa shape index (κ1) is 29.4. The highest BCUT2D eigenvalue weighted by molar-refractivity contribution is 5.88. The summed E-state index contributed by atoms with van der Waals surface area (Å²) < 4.78 is 23.0. The van der Waals surface area contributed by atoms with E-state index in [1.54, 1.807) is 31.2 Å². The molecule has 2 unspecified atom stereocenters. The molecule has 5 N–H and O–H groups in total. The highest BCUT2D eigenvalue weighted by Crippen LogP contribution is 2.43. The molecule has 0 aliphatic carbocycles. The van der Waals surface area contributed by atoms with Crippen molar-refractivity contribution in [3.05, 3.63) is 81.2 Å². The molecule has 2 heterocycles. The first-order chi connectivity index (χ1) is 19.1. The molecule has 0 radical (unpaired) electrons. The fourth-order valence-electron chi connectivity index (χ4n) is 4.71. The maximum absolute atomic E-state index is 13.1. The van der Waals surface area contributed by atoms with E-state index in [-0.39, 0.29) is 28.0 Å². The number of ether oxygens (including phenoxy) is 3. The lowest BCUT2D eigenvalue weighted by Gasteiger charge is -2.42. The number of benzene rings is 2. The van der Waals surface area contributed by atoms with Gasteiger partial charge in [-0.1, -0.05) is 30.3 Å². The molecule has 0 amide bonds. The smallest absolute Gasteiger partial charge is 0.331 e. The van der Waals surface area contributed by atoms with E-state index in [9.17, 15) is 35.1 Å². The van der Waals surface area contributed by atoms with Crippen LogP contribution in [0.2, 0.25) is 0 Å². The number of aryl methyl sites for hydroxylation is 1. The van der Waals surface area contributed by atoms with E-state index in [2.05, 4.69) is 0 Å². The first-order valence-electron chi connectivity index (χ1n) is 12.6. The molecule has 3 aromatic rings. The van der Waals surface area contributed by atoms with Crippen molar-refractivity contribution >= 4 is 23.0 Å². The first-order valence-corrected chi connectivity index (χ1v) is 12.6. The Hall–Kier alpha value is -3.58. The number of fused-ring (bicyclic) bond motifs is 1. The minimum absolute atomic E-state index is 0.0362. The Morgan fingerprint density at radius 1 is 1.12 bits per heavy atom. The van der Waals surface area contributed by atoms with Crippen LogP contribution in [0.15, 0.2) is 57.8 Å². The quantitative estimate of drug-likeness (QED) is 0.200. The number of carbonyl (C=O) groups is 1. The second kappa shape index (κ2) is 12.3. The molecule has 0 saturated carbocycles. The van der Waals surface area contributed by atoms with Crippen LogP contribution in [0.5, 0.6) is 5.75 Å². The summed E-state index contributed by atoms with van der Waals surface area (Å²) >= 11 is 0. The summed E-state index contributed by atoms with van der Waals surface area (Å²) in [5, 5.41) is 51.9. The van der Waals surface area contributed by atoms with Crippen molar-refractivity contribution in [3.63, 3.8) is 0 Å². The van der Waals surface area contributed by atoms with Gasteiger partial charge < -0.3 is 44.2 Å². The number of carbonyl (C=O) groups excluding carboxylic acids is 1. The summed E-state index contributed by atoms with van der Waals surface area (Å²) in [5.41, 5.74) is 0.567. The van der Waals surface area contributed by atoms with Crippen molar-refractivity contribution < 1.29 is 49.0 Å². The Kier molecular flexibility index (Phi) is 9.04. The Bertz CT molecular complexity index is 1430. The zero-order chi connectivity index (χ0) is 29.1. The largest absolute Gasteiger partial charge is 0.496 e. The summed E-state index contributed by atoms with van der Waals surface area (Å²) in [7, 11) is 1.35. The van der Waals surface area contributed by atoms with Crippen LogP contribution in [0.3, 0.4) is 0 Å². The highest BCUT2D eigenvalue weighted by atomic mass is 16.6. The van der Waals surface area contributed by atoms with Gasteiger partial charge in [-0.25, -0.2) is 4.79 Å². The maximum atomic E-state index is 13.1. The normalized spacial score (nSPS) is 24.6. The van der Waals surface area contributed by atoms with Crippen LogP contribution in [0.4, 0.5) is 0 Å². The third-order valence-corrected chi connectivity index (χ3v) is 6.80. The van der Waals surface area contributed by atoms with Gasteiger partial charge in [-0.05, 0) is 37.1 Å². The molecule has 1 saturated heterocycles. The number of aliphatic hydroxyl groups is 5. The summed E-state index contributed by atoms with van der Waals surface area (Å²) in [5.74, 6) is -0.975. The minimum atomic E-state index is -1.72. The van der Waals surface area contributed by atoms with Crippen LogP contribution < -0.4 is 10.2 Å². The number of hydrogen-bond acceptors (Lipinski definition) is 11. The Labute approximate surface area is 229 Å². The molecule has 0 spiro atoms. The lowest BCUT2D eigenvalue weighted by atomic mass is 9.88. The van der Waals surface area contributed by atoms with E-state index >= 15 is 0 Å². The SMILES string of the molecule is COc1cc(C)c2c(=O)cc(C(O)C(C)O)oc2c1[C@@H]1O[C@H](CO)[C@@H](O)[C@H](O)[C@H]1OC(=O)/C=C/c1ccccc1. The predicted molar refractivity (Wildman–Crippen MR) is 142 cm³/mol. The zero-order valence-electron chi connectivity index (χ0n) is 22.1. The van der Waals surface area contributed by atoms with Gasteiger partial charge >= 0.3 is 5.97 Å². The third kappa shape index (κ3) is 5.80. The molecular formula is C29H32O11. The monoisotopic (exact) mass is 556 g/mol. The summed E-state index contributed by atoms with van der Waals surface area (Å²) in [6.45, 7) is 2.27. The van der Waals surface area contributed by atoms with E-state index in [4.69, 9.17) is 18.6 Å². The van der Waals surface area contributed by atoms with Crippen molar-refractivity contribution in [2.45, 2.75) is 56.6 Å². The molecule has 2 aromatic carbocycles. The lowest BCUT2D eigenvalue weighted by Crippen LogP contribution is -2.56. The van der Waals surface area contributed by atoms with E-state index in [1.165, 1.54) is 26.2 Å². The molecule has 11 nitrogen and oxygen atoms in total. The molecule has 11 heteroatoms. The molecule has 1 aliphatic heterocycles. The molecule has 1 aromatic heterocycles. The number of esters is 1. The van der Waals surface area contributed by atoms with Crippen molar-refractivity contribution in [1.82, 2.24) is 0 Å². The Balaban J connectivity index is 1.87. The Morgan fingerprint density at radius 3 is 2.45 bits per heavy atom. The van der Waals surface area contributed by atoms with E-state index in [0.29, 0.717) is 11.1 Å². The van der Waals surface area contributed by atoms with E-state index in [1.807, 2.05) is 6.07 Å². The minimum Gasteiger partial charge on any atom is -0.496 e. The van der Waals surface area contributed by atoms with Gasteiger partial charge in [-0.2, -0.15) is 0 Å². The summed E-state index contributed by atoms with van der Waals surface area (Å²) in [4.78, 5) is 26.0. The molecule has 1 fully saturated rings. The lowest BCUT2D eigenvalue weighted by molar-refractivity contribution is -0.239. The number of methoxy groups -OCH3 is 1. The average Bonchev–Trinajstić information content (AvgIpc) is 2.94. The maximum Gasteiger partial charge on any atom is 0.331 e. The highest BCUT2D eigenvalue weighted by Gasteiger charge is 2.49. The van der Waals surface area contributed by atoms with Gasteiger partial charge in [-0.15, -0.1) is 0 Å². The number of aliphatic hydroxyl groups excluding tert-OH is 5. The van der Waals surface area contributed by atoms with Gasteiger partial charge in [0.1, 0.15) is 47.6 Å². The topological polar surface area (TPSA) is 176 Å². The molecule has 40 heavy (non-hydrogen) atoms. The Morgan fingerprint density at radius 2 is 1.82 bits per heavy atom. The average molecular weight is 557 g/mol. The second-order valence-corrected chi connectivity index (χ2v) is 9.62. The van der Waals surface area contributed by atoms with Gasteiger partial charge in [0.25, 0.3) is 0 Å². The van der Waals surface area contributed by atoms with Crippen molar-refractivity contribution in [1.29, 1.82) is 0 Å². The molecular weight excluding hydrogens is 524 g/mol. The van der Waals surface area contributed by atoms with Crippen LogP contribution in [-0.4, -0.2) is 75.7 Å². The number of hydrogen-bond donors (Lipinski definition) is 5. The standard InChI is InChI=1S/C29H32O11/c1-14-11-18(37-3)23(27-22(14)17(32)12-19(38-27)24(34)15(2)31)28-29(26(36)25(35)20(13-30)39-28)40-21(33)10-9-16-7-5-4-6-8-16/h4-12,15,20,24-26,28-31,34-36H,13H2,1-3H3/b10-9+/t15?,20-,24?,25-,26+,28+,29-/m1/s1. The van der Waals surface area contributed by atoms with Crippen molar-refractivity contribution in [2.75, 3.05) is 13.7 Å². The van der Waals surface area contributed by atoms with Gasteiger partial charge in [0, 0.05) is 12.1 Å². The van der Waals surface area contributed by atoms with Gasteiger partial charge in [0.2, 0.25) is 0 Å². The molecule has 1 aliphatic rings. The van der Waals surface area contributed by atoms with Gasteiger partial charge in [0.15, 0.2) is 11.5 Å². The summed E-state index contributed by atoms with van der Waals surface area (Å²) in [6, 6.07) is 11.5. The third-order valence-electron chi connectivity index (χ3n) is 6.80. The molecule has 214 valence electrons. The molecule has 7 atom stereocenters. The summed E-state index contributed by atoms with van der Waals surface area (Å²) in [6.07, 6.45) is -7.75. The van der Waals surface area contributed by atoms with Crippen LogP contribution in [-0.2, 0) is 14.3 Å². The number of rotatable bonds is 8. The van der Waals surface area contributed by atoms with Crippen LogP contribution in [0, 0.1) is 6.92 Å². The fourth-order valence-corrected chi connectivity index (χ4v) is 4.71. The van der Waals surface area contributed by atoms with Crippen LogP contribution in [0.1, 0.15) is 41.6 Å². The van der Waals surface area contributed by atoms with Crippen LogP contribution in [0.25, 0.3) is 17.0 Å². The van der Waals surface area contributed by atoms with E-state index < -0.39 is 60.7 Å². The van der Waals surface area contributed by atoms with Crippen LogP contribution >= 0.6 is 0 Å². The fraction of sp³-hybridized carbons (Fsp3) is 0.379. The van der Waals surface area contributed by atoms with Gasteiger partial charge in [-0.3, -0.25) is 4.79 Å². The molecule has 4 rings (SSSR count). The van der Waals surface area contributed by atoms with Gasteiger partial charge in [0.05, 0.1) is 30.8 Å². The predicted octanol–water partition coefficient (Wildman–Crippen LogP) is 1.30. The van der Waals surface area contributed by atoms with Crippen molar-refractivity contribution in [3.8, 4) is 5.75 Å². The second-order valence-electron chi connectivity index (χ2n) is 9.62. The van der Waals surface area contributed by atoms with E-state index in [0.717, 1.165) is 12.1 Å². The van der Waals surface area contributed by atoms with Crippen molar-refractivity contribution in [2.24, 2.45) is 0 Å². The zero-order valence-corrected chi connectivity index (χ0v) is 22.1.